The highest BCUT2D eigenvalue weighted by molar-refractivity contribution is 5.72. The first kappa shape index (κ1) is 13.3. The molecule has 19 heavy (non-hydrogen) atoms. The molecule has 1 saturated heterocycles. The lowest BCUT2D eigenvalue weighted by Crippen LogP contribution is -2.38. The van der Waals surface area contributed by atoms with Crippen molar-refractivity contribution in [3.63, 3.8) is 0 Å². The largest absolute Gasteiger partial charge is 0.356 e. The summed E-state index contributed by atoms with van der Waals surface area (Å²) in [6, 6.07) is 5.76. The maximum Gasteiger partial charge on any atom is 0.216 e. The second-order valence-corrected chi connectivity index (χ2v) is 4.85. The third-order valence-corrected chi connectivity index (χ3v) is 3.46. The molecule has 1 aliphatic rings. The number of piperidine rings is 1. The third kappa shape index (κ3) is 3.44. The molecule has 0 bridgehead atoms. The first-order chi connectivity index (χ1) is 9.20. The molecule has 1 N–H and O–H groups in total. The third-order valence-electron chi connectivity index (χ3n) is 3.46. The molecule has 0 atom stereocenters. The number of anilines is 1. The average molecular weight is 258 g/mol. The van der Waals surface area contributed by atoms with Crippen molar-refractivity contribution in [3.05, 3.63) is 23.9 Å². The number of hydrogen-bond acceptors (Lipinski definition) is 4. The van der Waals surface area contributed by atoms with Crippen molar-refractivity contribution >= 4 is 11.7 Å². The molecular formula is C14H18N4O. The van der Waals surface area contributed by atoms with Gasteiger partial charge in [0.2, 0.25) is 5.91 Å². The zero-order valence-electron chi connectivity index (χ0n) is 11.1. The minimum absolute atomic E-state index is 0.0268. The fourth-order valence-electron chi connectivity index (χ4n) is 2.37. The lowest BCUT2D eigenvalue weighted by Gasteiger charge is -2.33. The SMILES string of the molecule is CC(=O)NCC1CCN(c2ncccc2C#N)CC1. The van der Waals surface area contributed by atoms with E-state index in [1.54, 1.807) is 25.3 Å². The number of pyridine rings is 1. The van der Waals surface area contributed by atoms with E-state index in [4.69, 9.17) is 5.26 Å². The zero-order valence-corrected chi connectivity index (χ0v) is 11.1. The summed E-state index contributed by atoms with van der Waals surface area (Å²) in [6.45, 7) is 4.06. The van der Waals surface area contributed by atoms with Crippen molar-refractivity contribution < 1.29 is 4.79 Å². The van der Waals surface area contributed by atoms with E-state index in [1.165, 1.54) is 0 Å². The van der Waals surface area contributed by atoms with E-state index in [-0.39, 0.29) is 5.91 Å². The van der Waals surface area contributed by atoms with Crippen LogP contribution in [0.4, 0.5) is 5.82 Å². The van der Waals surface area contributed by atoms with Gasteiger partial charge in [-0.1, -0.05) is 0 Å². The quantitative estimate of drug-likeness (QED) is 0.887. The first-order valence-electron chi connectivity index (χ1n) is 6.55. The molecular weight excluding hydrogens is 240 g/mol. The first-order valence-corrected chi connectivity index (χ1v) is 6.55. The van der Waals surface area contributed by atoms with E-state index in [2.05, 4.69) is 21.3 Å². The van der Waals surface area contributed by atoms with Crippen LogP contribution in [0.15, 0.2) is 18.3 Å². The molecule has 5 heteroatoms. The summed E-state index contributed by atoms with van der Waals surface area (Å²) in [6.07, 6.45) is 3.75. The van der Waals surface area contributed by atoms with Crippen molar-refractivity contribution in [2.24, 2.45) is 5.92 Å². The summed E-state index contributed by atoms with van der Waals surface area (Å²) in [5, 5.41) is 11.9. The van der Waals surface area contributed by atoms with Crippen LogP contribution in [0.5, 0.6) is 0 Å². The molecule has 0 aromatic carbocycles. The Balaban J connectivity index is 1.93. The Kier molecular flexibility index (Phi) is 4.35. The Labute approximate surface area is 113 Å². The van der Waals surface area contributed by atoms with Crippen molar-refractivity contribution in [2.75, 3.05) is 24.5 Å². The predicted molar refractivity (Wildman–Crippen MR) is 72.6 cm³/mol. The van der Waals surface area contributed by atoms with Gasteiger partial charge in [-0.05, 0) is 30.9 Å². The lowest BCUT2D eigenvalue weighted by atomic mass is 9.96. The molecule has 1 aliphatic heterocycles. The molecule has 0 unspecified atom stereocenters. The Bertz CT molecular complexity index is 486. The average Bonchev–Trinajstić information content (AvgIpc) is 2.45. The van der Waals surface area contributed by atoms with Gasteiger partial charge >= 0.3 is 0 Å². The highest BCUT2D eigenvalue weighted by atomic mass is 16.1. The highest BCUT2D eigenvalue weighted by Crippen LogP contribution is 2.23. The molecule has 2 rings (SSSR count). The molecule has 0 spiro atoms. The van der Waals surface area contributed by atoms with Crippen LogP contribution >= 0.6 is 0 Å². The number of carbonyl (C=O) groups excluding carboxylic acids is 1. The number of aromatic nitrogens is 1. The molecule has 1 aromatic rings. The van der Waals surface area contributed by atoms with Gasteiger partial charge < -0.3 is 10.2 Å². The van der Waals surface area contributed by atoms with Crippen LogP contribution in [-0.4, -0.2) is 30.5 Å². The molecule has 0 aliphatic carbocycles. The molecule has 2 heterocycles. The Morgan fingerprint density at radius 3 is 2.95 bits per heavy atom. The summed E-state index contributed by atoms with van der Waals surface area (Å²) >= 11 is 0. The van der Waals surface area contributed by atoms with E-state index in [1.807, 2.05) is 0 Å². The van der Waals surface area contributed by atoms with Gasteiger partial charge in [0.05, 0.1) is 5.56 Å². The van der Waals surface area contributed by atoms with Crippen LogP contribution in [0.1, 0.15) is 25.3 Å². The fourth-order valence-corrected chi connectivity index (χ4v) is 2.37. The minimum atomic E-state index is 0.0268. The number of hydrogen-bond donors (Lipinski definition) is 1. The van der Waals surface area contributed by atoms with Gasteiger partial charge in [-0.15, -0.1) is 0 Å². The summed E-state index contributed by atoms with van der Waals surface area (Å²) in [4.78, 5) is 17.3. The number of amides is 1. The second-order valence-electron chi connectivity index (χ2n) is 4.85. The van der Waals surface area contributed by atoms with Crippen LogP contribution in [-0.2, 0) is 4.79 Å². The number of nitrogens with zero attached hydrogens (tertiary/aromatic N) is 3. The van der Waals surface area contributed by atoms with E-state index < -0.39 is 0 Å². The molecule has 1 aromatic heterocycles. The molecule has 0 radical (unpaired) electrons. The molecule has 100 valence electrons. The minimum Gasteiger partial charge on any atom is -0.356 e. The zero-order chi connectivity index (χ0) is 13.7. The number of nitrogens with one attached hydrogen (secondary N) is 1. The maximum absolute atomic E-state index is 10.9. The summed E-state index contributed by atoms with van der Waals surface area (Å²) < 4.78 is 0. The van der Waals surface area contributed by atoms with E-state index in [0.717, 1.165) is 38.3 Å². The molecule has 1 fully saturated rings. The Morgan fingerprint density at radius 2 is 2.32 bits per heavy atom. The summed E-state index contributed by atoms with van der Waals surface area (Å²) in [5.41, 5.74) is 0.628. The van der Waals surface area contributed by atoms with Crippen LogP contribution in [0.3, 0.4) is 0 Å². The predicted octanol–water partition coefficient (Wildman–Crippen LogP) is 1.31. The highest BCUT2D eigenvalue weighted by Gasteiger charge is 2.21. The normalized spacial score (nSPS) is 15.9. The number of nitriles is 1. The lowest BCUT2D eigenvalue weighted by molar-refractivity contribution is -0.119. The van der Waals surface area contributed by atoms with Crippen LogP contribution in [0, 0.1) is 17.2 Å². The van der Waals surface area contributed by atoms with Crippen molar-refractivity contribution in [2.45, 2.75) is 19.8 Å². The van der Waals surface area contributed by atoms with Crippen molar-refractivity contribution in [1.82, 2.24) is 10.3 Å². The Hall–Kier alpha value is -2.09. The summed E-state index contributed by atoms with van der Waals surface area (Å²) in [7, 11) is 0. The molecule has 1 amide bonds. The van der Waals surface area contributed by atoms with Gasteiger partial charge in [-0.2, -0.15) is 5.26 Å². The van der Waals surface area contributed by atoms with E-state index in [9.17, 15) is 4.79 Å². The van der Waals surface area contributed by atoms with Crippen LogP contribution in [0.25, 0.3) is 0 Å². The van der Waals surface area contributed by atoms with Gasteiger partial charge in [-0.3, -0.25) is 4.79 Å². The second kappa shape index (κ2) is 6.19. The topological polar surface area (TPSA) is 69.0 Å². The van der Waals surface area contributed by atoms with Crippen LogP contribution < -0.4 is 10.2 Å². The smallest absolute Gasteiger partial charge is 0.216 e. The van der Waals surface area contributed by atoms with E-state index >= 15 is 0 Å². The summed E-state index contributed by atoms with van der Waals surface area (Å²) in [5.74, 6) is 1.33. The fraction of sp³-hybridized carbons (Fsp3) is 0.500. The van der Waals surface area contributed by atoms with Gasteiger partial charge in [0.25, 0.3) is 0 Å². The number of carbonyl (C=O) groups is 1. The van der Waals surface area contributed by atoms with Gasteiger partial charge in [0, 0.05) is 32.8 Å². The van der Waals surface area contributed by atoms with Gasteiger partial charge in [0.15, 0.2) is 0 Å². The number of rotatable bonds is 3. The van der Waals surface area contributed by atoms with Crippen molar-refractivity contribution in [1.29, 1.82) is 5.26 Å². The van der Waals surface area contributed by atoms with Crippen molar-refractivity contribution in [3.8, 4) is 6.07 Å². The Morgan fingerprint density at radius 1 is 1.58 bits per heavy atom. The van der Waals surface area contributed by atoms with Gasteiger partial charge in [0.1, 0.15) is 11.9 Å². The molecule has 0 saturated carbocycles. The van der Waals surface area contributed by atoms with Crippen LogP contribution in [0.2, 0.25) is 0 Å². The standard InChI is InChI=1S/C14H18N4O/c1-11(19)17-10-12-4-7-18(8-5-12)14-13(9-15)3-2-6-16-14/h2-3,6,12H,4-5,7-8,10H2,1H3,(H,17,19). The molecule has 5 nitrogen and oxygen atoms in total. The maximum atomic E-state index is 10.9. The van der Waals surface area contributed by atoms with E-state index in [0.29, 0.717) is 11.5 Å². The monoisotopic (exact) mass is 258 g/mol. The van der Waals surface area contributed by atoms with Gasteiger partial charge in [-0.25, -0.2) is 4.98 Å².